The third kappa shape index (κ3) is 5.04. The molecule has 5 nitrogen and oxygen atoms in total. The zero-order chi connectivity index (χ0) is 20.8. The van der Waals surface area contributed by atoms with Crippen LogP contribution in [-0.4, -0.2) is 23.8 Å². The van der Waals surface area contributed by atoms with Gasteiger partial charge in [-0.15, -0.1) is 11.8 Å². The number of anilines is 1. The summed E-state index contributed by atoms with van der Waals surface area (Å²) >= 11 is 3.27. The van der Waals surface area contributed by atoms with Crippen molar-refractivity contribution in [3.63, 3.8) is 0 Å². The van der Waals surface area contributed by atoms with Gasteiger partial charge in [-0.05, 0) is 60.7 Å². The fraction of sp³-hybridized carbons (Fsp3) is 0.217. The predicted molar refractivity (Wildman–Crippen MR) is 122 cm³/mol. The average molecular weight is 439 g/mol. The van der Waals surface area contributed by atoms with Crippen LogP contribution in [0.15, 0.2) is 76.2 Å². The molecule has 2 aromatic heterocycles. The third-order valence-corrected chi connectivity index (χ3v) is 6.73. The van der Waals surface area contributed by atoms with Gasteiger partial charge in [-0.2, -0.15) is 0 Å². The molecule has 0 bridgehead atoms. The highest BCUT2D eigenvalue weighted by atomic mass is 32.2. The summed E-state index contributed by atoms with van der Waals surface area (Å²) in [4.78, 5) is 20.6. The summed E-state index contributed by atoms with van der Waals surface area (Å²) in [5.74, 6) is 2.52. The zero-order valence-corrected chi connectivity index (χ0v) is 18.2. The second-order valence-electron chi connectivity index (χ2n) is 6.65. The van der Waals surface area contributed by atoms with Gasteiger partial charge in [-0.1, -0.05) is 23.5 Å². The number of hydrogen-bond acceptors (Lipinski definition) is 6. The first kappa shape index (κ1) is 20.5. The van der Waals surface area contributed by atoms with Gasteiger partial charge < -0.3 is 9.15 Å². The van der Waals surface area contributed by atoms with Crippen LogP contribution in [0.25, 0.3) is 10.2 Å². The number of carbonyl (C=O) groups is 1. The molecule has 4 aromatic rings. The predicted octanol–water partition coefficient (Wildman–Crippen LogP) is 6.00. The maximum Gasteiger partial charge on any atom is 0.229 e. The summed E-state index contributed by atoms with van der Waals surface area (Å²) in [5.41, 5.74) is 0.907. The van der Waals surface area contributed by atoms with Gasteiger partial charge in [-0.25, -0.2) is 4.98 Å². The van der Waals surface area contributed by atoms with Crippen LogP contribution < -0.4 is 9.64 Å². The fourth-order valence-electron chi connectivity index (χ4n) is 3.02. The summed E-state index contributed by atoms with van der Waals surface area (Å²) in [6, 6.07) is 19.6. The van der Waals surface area contributed by atoms with Crippen molar-refractivity contribution in [1.29, 1.82) is 0 Å². The number of methoxy groups -OCH3 is 1. The lowest BCUT2D eigenvalue weighted by Gasteiger charge is -2.18. The Morgan fingerprint density at radius 3 is 2.70 bits per heavy atom. The largest absolute Gasteiger partial charge is 0.497 e. The summed E-state index contributed by atoms with van der Waals surface area (Å²) in [7, 11) is 1.66. The number of benzene rings is 2. The van der Waals surface area contributed by atoms with Crippen LogP contribution in [0.4, 0.5) is 5.13 Å². The molecule has 0 aliphatic heterocycles. The Bertz CT molecular complexity index is 1060. The molecular formula is C23H22N2O3S2. The summed E-state index contributed by atoms with van der Waals surface area (Å²) in [6.07, 6.45) is 2.87. The summed E-state index contributed by atoms with van der Waals surface area (Å²) < 4.78 is 11.7. The van der Waals surface area contributed by atoms with E-state index in [2.05, 4.69) is 4.98 Å². The van der Waals surface area contributed by atoms with Gasteiger partial charge in [0.05, 0.1) is 30.1 Å². The van der Waals surface area contributed by atoms with E-state index in [0.29, 0.717) is 18.1 Å². The van der Waals surface area contributed by atoms with Crippen molar-refractivity contribution in [3.8, 4) is 5.75 Å². The van der Waals surface area contributed by atoms with E-state index in [1.54, 1.807) is 30.0 Å². The zero-order valence-electron chi connectivity index (χ0n) is 16.6. The number of thiazole rings is 1. The second kappa shape index (κ2) is 9.82. The number of carbonyl (C=O) groups excluding carboxylic acids is 1. The Kier molecular flexibility index (Phi) is 6.71. The fourth-order valence-corrected chi connectivity index (χ4v) is 4.85. The van der Waals surface area contributed by atoms with Crippen molar-refractivity contribution < 1.29 is 13.9 Å². The van der Waals surface area contributed by atoms with Crippen molar-refractivity contribution in [2.45, 2.75) is 24.3 Å². The molecule has 4 rings (SSSR count). The maximum absolute atomic E-state index is 13.1. The van der Waals surface area contributed by atoms with E-state index in [1.807, 2.05) is 60.7 Å². The minimum absolute atomic E-state index is 0.0563. The van der Waals surface area contributed by atoms with Gasteiger partial charge in [0.2, 0.25) is 5.91 Å². The van der Waals surface area contributed by atoms with E-state index in [1.165, 1.54) is 16.2 Å². The molecule has 0 aliphatic rings. The molecule has 7 heteroatoms. The van der Waals surface area contributed by atoms with Crippen molar-refractivity contribution >= 4 is 44.4 Å². The number of para-hydroxylation sites is 1. The standard InChI is InChI=1S/C23H22N2O3S2/c1-27-17-10-12-19(13-11-17)29-15-5-9-22(26)25(16-18-6-4-14-28-18)23-24-20-7-2-3-8-21(20)30-23/h2-4,6-8,10-14H,5,9,15-16H2,1H3. The SMILES string of the molecule is COc1ccc(SCCCC(=O)N(Cc2ccco2)c2nc3ccccc3s2)cc1. The summed E-state index contributed by atoms with van der Waals surface area (Å²) in [5, 5.41) is 0.709. The molecule has 30 heavy (non-hydrogen) atoms. The Labute approximate surface area is 183 Å². The number of nitrogens with zero attached hydrogens (tertiary/aromatic N) is 2. The van der Waals surface area contributed by atoms with Gasteiger partial charge in [0.25, 0.3) is 0 Å². The minimum atomic E-state index is 0.0563. The second-order valence-corrected chi connectivity index (χ2v) is 8.83. The van der Waals surface area contributed by atoms with Crippen LogP contribution in [0, 0.1) is 0 Å². The van der Waals surface area contributed by atoms with Crippen LogP contribution >= 0.6 is 23.1 Å². The molecule has 0 saturated heterocycles. The number of rotatable bonds is 9. The molecule has 0 spiro atoms. The molecule has 0 atom stereocenters. The van der Waals surface area contributed by atoms with E-state index in [0.717, 1.165) is 33.9 Å². The van der Waals surface area contributed by atoms with Crippen LogP contribution in [0.5, 0.6) is 5.75 Å². The Morgan fingerprint density at radius 1 is 1.13 bits per heavy atom. The molecule has 0 radical (unpaired) electrons. The molecule has 0 unspecified atom stereocenters. The van der Waals surface area contributed by atoms with Crippen LogP contribution in [-0.2, 0) is 11.3 Å². The Balaban J connectivity index is 1.40. The van der Waals surface area contributed by atoms with Crippen molar-refractivity contribution in [3.05, 3.63) is 72.7 Å². The van der Waals surface area contributed by atoms with Crippen LogP contribution in [0.3, 0.4) is 0 Å². The number of fused-ring (bicyclic) bond motifs is 1. The van der Waals surface area contributed by atoms with E-state index >= 15 is 0 Å². The molecule has 2 aromatic carbocycles. The monoisotopic (exact) mass is 438 g/mol. The molecule has 0 saturated carbocycles. The van der Waals surface area contributed by atoms with E-state index in [4.69, 9.17) is 9.15 Å². The highest BCUT2D eigenvalue weighted by Gasteiger charge is 2.21. The molecule has 2 heterocycles. The van der Waals surface area contributed by atoms with Crippen LogP contribution in [0.2, 0.25) is 0 Å². The number of ether oxygens (including phenoxy) is 1. The lowest BCUT2D eigenvalue weighted by Crippen LogP contribution is -2.30. The van der Waals surface area contributed by atoms with Crippen molar-refractivity contribution in [1.82, 2.24) is 4.98 Å². The molecule has 154 valence electrons. The number of hydrogen-bond donors (Lipinski definition) is 0. The minimum Gasteiger partial charge on any atom is -0.497 e. The lowest BCUT2D eigenvalue weighted by molar-refractivity contribution is -0.118. The maximum atomic E-state index is 13.1. The normalized spacial score (nSPS) is 11.0. The number of furan rings is 1. The van der Waals surface area contributed by atoms with E-state index in [9.17, 15) is 4.79 Å². The topological polar surface area (TPSA) is 55.6 Å². The van der Waals surface area contributed by atoms with E-state index in [-0.39, 0.29) is 5.91 Å². The number of aromatic nitrogens is 1. The Morgan fingerprint density at radius 2 is 1.97 bits per heavy atom. The number of thioether (sulfide) groups is 1. The molecule has 1 amide bonds. The van der Waals surface area contributed by atoms with Gasteiger partial charge in [-0.3, -0.25) is 9.69 Å². The van der Waals surface area contributed by atoms with E-state index < -0.39 is 0 Å². The molecule has 0 N–H and O–H groups in total. The first-order chi connectivity index (χ1) is 14.7. The van der Waals surface area contributed by atoms with Gasteiger partial charge in [0.15, 0.2) is 5.13 Å². The van der Waals surface area contributed by atoms with Gasteiger partial charge in [0, 0.05) is 11.3 Å². The molecular weight excluding hydrogens is 416 g/mol. The molecule has 0 aliphatic carbocycles. The molecule has 0 fully saturated rings. The summed E-state index contributed by atoms with van der Waals surface area (Å²) in [6.45, 7) is 0.386. The Hall–Kier alpha value is -2.77. The van der Waals surface area contributed by atoms with Crippen LogP contribution in [0.1, 0.15) is 18.6 Å². The smallest absolute Gasteiger partial charge is 0.229 e. The quantitative estimate of drug-likeness (QED) is 0.237. The highest BCUT2D eigenvalue weighted by Crippen LogP contribution is 2.30. The van der Waals surface area contributed by atoms with Crippen molar-refractivity contribution in [2.24, 2.45) is 0 Å². The average Bonchev–Trinajstić information content (AvgIpc) is 3.44. The number of amides is 1. The highest BCUT2D eigenvalue weighted by molar-refractivity contribution is 7.99. The first-order valence-corrected chi connectivity index (χ1v) is 11.5. The first-order valence-electron chi connectivity index (χ1n) is 9.68. The van der Waals surface area contributed by atoms with Gasteiger partial charge >= 0.3 is 0 Å². The third-order valence-electron chi connectivity index (χ3n) is 4.57. The van der Waals surface area contributed by atoms with Crippen molar-refractivity contribution in [2.75, 3.05) is 17.8 Å². The van der Waals surface area contributed by atoms with Gasteiger partial charge in [0.1, 0.15) is 11.5 Å². The lowest BCUT2D eigenvalue weighted by atomic mass is 10.3.